The number of nitrogens with two attached hydrogens (primary N) is 1. The van der Waals surface area contributed by atoms with Crippen LogP contribution < -0.4 is 5.73 Å². The second kappa shape index (κ2) is 10.4. The Morgan fingerprint density at radius 2 is 1.68 bits per heavy atom. The number of nitrogens with zero attached hydrogens (tertiary/aromatic N) is 1. The number of halogens is 3. The Morgan fingerprint density at radius 3 is 2.35 bits per heavy atom. The van der Waals surface area contributed by atoms with E-state index in [-0.39, 0.29) is 36.8 Å². The lowest BCUT2D eigenvalue weighted by Gasteiger charge is -2.34. The lowest BCUT2D eigenvalue weighted by Crippen LogP contribution is -2.44. The van der Waals surface area contributed by atoms with Gasteiger partial charge >= 0.3 is 5.97 Å². The number of ether oxygens (including phenoxy) is 1. The molecule has 0 spiro atoms. The average molecular weight is 434 g/mol. The Labute approximate surface area is 179 Å². The largest absolute Gasteiger partial charge is 0.460 e. The van der Waals surface area contributed by atoms with Gasteiger partial charge in [0.2, 0.25) is 5.91 Å². The third kappa shape index (κ3) is 6.30. The van der Waals surface area contributed by atoms with Crippen LogP contribution in [0.25, 0.3) is 0 Å². The maximum atomic E-state index is 13.9. The molecule has 166 valence electrons. The number of benzene rings is 2. The van der Waals surface area contributed by atoms with Gasteiger partial charge in [-0.3, -0.25) is 9.59 Å². The summed E-state index contributed by atoms with van der Waals surface area (Å²) in [5, 5.41) is 0. The molecule has 2 aromatic rings. The molecule has 31 heavy (non-hydrogen) atoms. The number of carbonyl (C=O) groups is 2. The quantitative estimate of drug-likeness (QED) is 0.412. The van der Waals surface area contributed by atoms with Crippen molar-refractivity contribution in [1.82, 2.24) is 4.90 Å². The van der Waals surface area contributed by atoms with Crippen molar-refractivity contribution in [1.29, 1.82) is 0 Å². The highest BCUT2D eigenvalue weighted by atomic mass is 19.2. The molecule has 5 nitrogen and oxygen atoms in total. The van der Waals surface area contributed by atoms with Crippen LogP contribution >= 0.6 is 0 Å². The van der Waals surface area contributed by atoms with Gasteiger partial charge in [-0.2, -0.15) is 0 Å². The number of piperidine rings is 1. The van der Waals surface area contributed by atoms with Crippen LogP contribution in [0.5, 0.6) is 0 Å². The Balaban J connectivity index is 1.43. The van der Waals surface area contributed by atoms with Gasteiger partial charge in [0.05, 0.1) is 0 Å². The van der Waals surface area contributed by atoms with E-state index in [9.17, 15) is 22.8 Å². The lowest BCUT2D eigenvalue weighted by atomic mass is 9.86. The minimum atomic E-state index is -1.23. The van der Waals surface area contributed by atoms with E-state index in [0.717, 1.165) is 11.6 Å². The number of hydrogen-bond donors (Lipinski definition) is 1. The molecule has 1 saturated heterocycles. The Morgan fingerprint density at radius 1 is 1.03 bits per heavy atom. The monoisotopic (exact) mass is 434 g/mol. The zero-order valence-electron chi connectivity index (χ0n) is 17.0. The van der Waals surface area contributed by atoms with Crippen molar-refractivity contribution < 1.29 is 27.5 Å². The van der Waals surface area contributed by atoms with Gasteiger partial charge in [-0.15, -0.1) is 0 Å². The summed E-state index contributed by atoms with van der Waals surface area (Å²) < 4.78 is 45.5. The molecular weight excluding hydrogens is 409 g/mol. The van der Waals surface area contributed by atoms with E-state index in [4.69, 9.17) is 10.5 Å². The third-order valence-electron chi connectivity index (χ3n) is 5.58. The summed E-state index contributed by atoms with van der Waals surface area (Å²) in [4.78, 5) is 25.9. The molecule has 1 aliphatic rings. The first-order valence-corrected chi connectivity index (χ1v) is 10.2. The fourth-order valence-electron chi connectivity index (χ4n) is 3.74. The number of rotatable bonds is 7. The predicted octanol–water partition coefficient (Wildman–Crippen LogP) is 3.35. The second-order valence-electron chi connectivity index (χ2n) is 7.77. The number of carbonyl (C=O) groups excluding carboxylic acids is 2. The molecule has 3 rings (SSSR count). The molecule has 1 heterocycles. The number of esters is 1. The van der Waals surface area contributed by atoms with Gasteiger partial charge in [-0.1, -0.05) is 30.3 Å². The van der Waals surface area contributed by atoms with Crippen LogP contribution in [0, 0.1) is 23.4 Å². The summed E-state index contributed by atoms with van der Waals surface area (Å²) in [6.07, 6.45) is 0.908. The molecule has 0 radical (unpaired) electrons. The van der Waals surface area contributed by atoms with Crippen molar-refractivity contribution in [2.45, 2.75) is 38.3 Å². The topological polar surface area (TPSA) is 72.6 Å². The van der Waals surface area contributed by atoms with Crippen LogP contribution in [0.4, 0.5) is 13.2 Å². The first kappa shape index (κ1) is 22.8. The molecule has 1 amide bonds. The van der Waals surface area contributed by atoms with E-state index in [1.807, 2.05) is 30.3 Å². The molecule has 2 aromatic carbocycles. The smallest absolute Gasteiger partial charge is 0.315 e. The zero-order chi connectivity index (χ0) is 22.4. The van der Waals surface area contributed by atoms with E-state index in [0.29, 0.717) is 32.0 Å². The van der Waals surface area contributed by atoms with Crippen LogP contribution in [0.1, 0.15) is 30.4 Å². The number of amides is 1. The first-order valence-electron chi connectivity index (χ1n) is 10.2. The summed E-state index contributed by atoms with van der Waals surface area (Å²) >= 11 is 0. The first-order chi connectivity index (χ1) is 14.8. The normalized spacial score (nSPS) is 15.5. The van der Waals surface area contributed by atoms with Crippen molar-refractivity contribution >= 4 is 11.9 Å². The third-order valence-corrected chi connectivity index (χ3v) is 5.58. The van der Waals surface area contributed by atoms with Crippen LogP contribution in [-0.2, 0) is 27.4 Å². The summed E-state index contributed by atoms with van der Waals surface area (Å²) in [5.41, 5.74) is 7.05. The number of hydrogen-bond acceptors (Lipinski definition) is 4. The van der Waals surface area contributed by atoms with Gasteiger partial charge in [-0.25, -0.2) is 13.2 Å². The van der Waals surface area contributed by atoms with E-state index >= 15 is 0 Å². The van der Waals surface area contributed by atoms with E-state index < -0.39 is 29.5 Å². The highest BCUT2D eigenvalue weighted by molar-refractivity contribution is 5.94. The molecule has 0 aliphatic carbocycles. The van der Waals surface area contributed by atoms with Crippen molar-refractivity contribution in [3.05, 3.63) is 71.0 Å². The van der Waals surface area contributed by atoms with Crippen molar-refractivity contribution in [2.24, 2.45) is 11.7 Å². The van der Waals surface area contributed by atoms with Crippen molar-refractivity contribution in [3.63, 3.8) is 0 Å². The maximum Gasteiger partial charge on any atom is 0.315 e. The summed E-state index contributed by atoms with van der Waals surface area (Å²) in [6, 6.07) is 10.1. The Kier molecular flexibility index (Phi) is 7.68. The molecule has 0 aromatic heterocycles. The molecule has 2 N–H and O–H groups in total. The average Bonchev–Trinajstić information content (AvgIpc) is 2.76. The molecule has 1 fully saturated rings. The zero-order valence-corrected chi connectivity index (χ0v) is 17.0. The molecule has 8 heteroatoms. The highest BCUT2D eigenvalue weighted by Crippen LogP contribution is 2.24. The molecule has 0 unspecified atom stereocenters. The van der Waals surface area contributed by atoms with Gasteiger partial charge in [0.15, 0.2) is 11.6 Å². The lowest BCUT2D eigenvalue weighted by molar-refractivity contribution is -0.150. The fraction of sp³-hybridized carbons (Fsp3) is 0.391. The van der Waals surface area contributed by atoms with Crippen LogP contribution in [0.15, 0.2) is 42.5 Å². The molecule has 1 atom stereocenters. The van der Waals surface area contributed by atoms with Gasteiger partial charge in [0.1, 0.15) is 18.8 Å². The Hall–Kier alpha value is -2.87. The second-order valence-corrected chi connectivity index (χ2v) is 7.77. The van der Waals surface area contributed by atoms with E-state index in [2.05, 4.69) is 0 Å². The van der Waals surface area contributed by atoms with Crippen molar-refractivity contribution in [3.8, 4) is 0 Å². The van der Waals surface area contributed by atoms with E-state index in [1.54, 1.807) is 4.90 Å². The fourth-order valence-corrected chi connectivity index (χ4v) is 3.74. The van der Waals surface area contributed by atoms with Crippen molar-refractivity contribution in [2.75, 3.05) is 13.1 Å². The van der Waals surface area contributed by atoms with Crippen LogP contribution in [0.3, 0.4) is 0 Å². The summed E-state index contributed by atoms with van der Waals surface area (Å²) in [5.74, 6) is -4.05. The maximum absolute atomic E-state index is 13.9. The van der Waals surface area contributed by atoms with Gasteiger partial charge in [0.25, 0.3) is 0 Å². The number of likely N-dealkylation sites (tertiary alicyclic amines) is 1. The molecule has 1 aliphatic heterocycles. The van der Waals surface area contributed by atoms with Gasteiger partial charge in [-0.05, 0) is 42.4 Å². The minimum Gasteiger partial charge on any atom is -0.460 e. The van der Waals surface area contributed by atoms with Crippen LogP contribution in [-0.4, -0.2) is 35.9 Å². The van der Waals surface area contributed by atoms with E-state index in [1.165, 1.54) is 0 Å². The standard InChI is InChI=1S/C23H25F3N2O3/c24-18-12-20(26)19(25)10-17(18)11-21(27)16-6-8-28(9-7-16)22(29)13-23(30)31-14-15-4-2-1-3-5-15/h1-5,10,12,16,21H,6-9,11,13-14,27H2/t21-/m1/s1. The molecule has 0 bridgehead atoms. The SMILES string of the molecule is N[C@H](Cc1cc(F)c(F)cc1F)C1CCN(C(=O)CC(=O)OCc2ccccc2)CC1. The Bertz CT molecular complexity index is 916. The van der Waals surface area contributed by atoms with Crippen LogP contribution in [0.2, 0.25) is 0 Å². The minimum absolute atomic E-state index is 0.00148. The van der Waals surface area contributed by atoms with Gasteiger partial charge < -0.3 is 15.4 Å². The summed E-state index contributed by atoms with van der Waals surface area (Å²) in [7, 11) is 0. The molecule has 0 saturated carbocycles. The molecular formula is C23H25F3N2O3. The van der Waals surface area contributed by atoms with Gasteiger partial charge in [0, 0.05) is 25.2 Å². The predicted molar refractivity (Wildman–Crippen MR) is 108 cm³/mol. The summed E-state index contributed by atoms with van der Waals surface area (Å²) in [6.45, 7) is 0.956. The highest BCUT2D eigenvalue weighted by Gasteiger charge is 2.28.